The third-order valence-corrected chi connectivity index (χ3v) is 4.99. The monoisotopic (exact) mass is 371 g/mol. The van der Waals surface area contributed by atoms with Crippen LogP contribution in [0.5, 0.6) is 11.5 Å². The zero-order valence-electron chi connectivity index (χ0n) is 15.0. The fourth-order valence-electron chi connectivity index (χ4n) is 2.70. The van der Waals surface area contributed by atoms with Crippen LogP contribution in [0.25, 0.3) is 10.6 Å². The lowest BCUT2D eigenvalue weighted by molar-refractivity contribution is -0.116. The number of para-hydroxylation sites is 1. The molecular formula is C19H21N3O3S. The number of aryl methyl sites for hydroxylation is 2. The van der Waals surface area contributed by atoms with Gasteiger partial charge in [0, 0.05) is 17.4 Å². The maximum Gasteiger partial charge on any atom is 0.225 e. The lowest BCUT2D eigenvalue weighted by Crippen LogP contribution is -2.13. The van der Waals surface area contributed by atoms with Crippen molar-refractivity contribution in [3.8, 4) is 22.1 Å². The second-order valence-electron chi connectivity index (χ2n) is 5.78. The molecule has 0 saturated heterocycles. The van der Waals surface area contributed by atoms with E-state index in [1.165, 1.54) is 4.88 Å². The number of hydrogen-bond acceptors (Lipinski definition) is 5. The molecule has 0 fully saturated rings. The molecule has 0 aliphatic heterocycles. The predicted octanol–water partition coefficient (Wildman–Crippen LogP) is 4.04. The summed E-state index contributed by atoms with van der Waals surface area (Å²) in [6.45, 7) is 2.06. The molecule has 136 valence electrons. The number of nitrogens with zero attached hydrogens (tertiary/aromatic N) is 1. The Morgan fingerprint density at radius 2 is 2.08 bits per heavy atom. The van der Waals surface area contributed by atoms with Gasteiger partial charge in [-0.05, 0) is 37.1 Å². The Kier molecular flexibility index (Phi) is 5.58. The molecule has 26 heavy (non-hydrogen) atoms. The Morgan fingerprint density at radius 3 is 2.77 bits per heavy atom. The van der Waals surface area contributed by atoms with Crippen molar-refractivity contribution < 1.29 is 14.3 Å². The summed E-state index contributed by atoms with van der Waals surface area (Å²) < 4.78 is 10.7. The van der Waals surface area contributed by atoms with E-state index < -0.39 is 0 Å². The highest BCUT2D eigenvalue weighted by Crippen LogP contribution is 2.31. The van der Waals surface area contributed by atoms with Gasteiger partial charge in [-0.1, -0.05) is 12.1 Å². The first-order valence-electron chi connectivity index (χ1n) is 8.22. The first-order chi connectivity index (χ1) is 12.6. The number of benzene rings is 1. The van der Waals surface area contributed by atoms with Crippen LogP contribution < -0.4 is 14.8 Å². The van der Waals surface area contributed by atoms with Crippen LogP contribution in [0.4, 0.5) is 5.82 Å². The largest absolute Gasteiger partial charge is 0.493 e. The molecule has 2 N–H and O–H groups in total. The molecule has 3 rings (SSSR count). The Balaban J connectivity index is 1.61. The van der Waals surface area contributed by atoms with Gasteiger partial charge in [-0.25, -0.2) is 0 Å². The van der Waals surface area contributed by atoms with Crippen LogP contribution in [0.1, 0.15) is 16.9 Å². The van der Waals surface area contributed by atoms with Gasteiger partial charge in [0.15, 0.2) is 17.3 Å². The number of nitrogens with one attached hydrogen (secondary N) is 2. The number of anilines is 1. The Bertz CT molecular complexity index is 901. The van der Waals surface area contributed by atoms with Crippen LogP contribution in [-0.2, 0) is 11.2 Å². The van der Waals surface area contributed by atoms with E-state index in [1.54, 1.807) is 25.6 Å². The Morgan fingerprint density at radius 1 is 1.23 bits per heavy atom. The highest BCUT2D eigenvalue weighted by molar-refractivity contribution is 7.15. The number of H-pyrrole nitrogens is 1. The van der Waals surface area contributed by atoms with Crippen molar-refractivity contribution >= 4 is 23.1 Å². The van der Waals surface area contributed by atoms with Crippen molar-refractivity contribution in [2.24, 2.45) is 0 Å². The van der Waals surface area contributed by atoms with Gasteiger partial charge in [0.25, 0.3) is 0 Å². The summed E-state index contributed by atoms with van der Waals surface area (Å²) in [7, 11) is 3.19. The second kappa shape index (κ2) is 8.05. The molecule has 2 aromatic heterocycles. The molecule has 1 amide bonds. The second-order valence-corrected chi connectivity index (χ2v) is 7.07. The van der Waals surface area contributed by atoms with E-state index in [4.69, 9.17) is 9.47 Å². The van der Waals surface area contributed by atoms with Crippen LogP contribution in [0.15, 0.2) is 36.4 Å². The minimum absolute atomic E-state index is 0.102. The smallest absolute Gasteiger partial charge is 0.225 e. The van der Waals surface area contributed by atoms with E-state index in [0.29, 0.717) is 30.2 Å². The molecule has 1 aromatic carbocycles. The summed E-state index contributed by atoms with van der Waals surface area (Å²) in [6.07, 6.45) is 0.872. The molecule has 0 bridgehead atoms. The SMILES string of the molecule is COc1cccc(CCC(=O)Nc2cc(-c3ccc(C)s3)[nH]n2)c1OC. The molecule has 0 aliphatic rings. The fourth-order valence-corrected chi connectivity index (χ4v) is 3.53. The third kappa shape index (κ3) is 4.05. The highest BCUT2D eigenvalue weighted by atomic mass is 32.1. The van der Waals surface area contributed by atoms with Gasteiger partial charge >= 0.3 is 0 Å². The zero-order chi connectivity index (χ0) is 18.5. The molecule has 0 spiro atoms. The van der Waals surface area contributed by atoms with E-state index in [0.717, 1.165) is 16.1 Å². The fraction of sp³-hybridized carbons (Fsp3) is 0.263. The van der Waals surface area contributed by atoms with Crippen LogP contribution in [-0.4, -0.2) is 30.3 Å². The molecule has 0 aliphatic carbocycles. The number of methoxy groups -OCH3 is 2. The van der Waals surface area contributed by atoms with Crippen molar-refractivity contribution in [3.05, 3.63) is 46.8 Å². The number of thiophene rings is 1. The van der Waals surface area contributed by atoms with Gasteiger partial charge < -0.3 is 14.8 Å². The standard InChI is InChI=1S/C19H21N3O3S/c1-12-7-9-16(26-12)14-11-17(22-21-14)20-18(23)10-8-13-5-4-6-15(24-2)19(13)25-3/h4-7,9,11H,8,10H2,1-3H3,(H2,20,21,22,23). The van der Waals surface area contributed by atoms with E-state index >= 15 is 0 Å². The molecule has 0 unspecified atom stereocenters. The van der Waals surface area contributed by atoms with Crippen molar-refractivity contribution in [1.82, 2.24) is 10.2 Å². The van der Waals surface area contributed by atoms with Crippen molar-refractivity contribution in [3.63, 3.8) is 0 Å². The van der Waals surface area contributed by atoms with Gasteiger partial charge in [0.1, 0.15) is 0 Å². The number of carbonyl (C=O) groups excluding carboxylic acids is 1. The number of aromatic amines is 1. The zero-order valence-corrected chi connectivity index (χ0v) is 15.8. The number of hydrogen-bond donors (Lipinski definition) is 2. The molecule has 3 aromatic rings. The topological polar surface area (TPSA) is 76.2 Å². The van der Waals surface area contributed by atoms with Gasteiger partial charge in [-0.2, -0.15) is 5.10 Å². The maximum atomic E-state index is 12.3. The van der Waals surface area contributed by atoms with Crippen molar-refractivity contribution in [2.75, 3.05) is 19.5 Å². The van der Waals surface area contributed by atoms with E-state index in [2.05, 4.69) is 28.5 Å². The molecule has 6 nitrogen and oxygen atoms in total. The van der Waals surface area contributed by atoms with Gasteiger partial charge in [-0.15, -0.1) is 11.3 Å². The number of carbonyl (C=O) groups is 1. The third-order valence-electron chi connectivity index (χ3n) is 3.96. The average Bonchev–Trinajstić information content (AvgIpc) is 3.28. The molecule has 7 heteroatoms. The first kappa shape index (κ1) is 18.0. The van der Waals surface area contributed by atoms with Crippen molar-refractivity contribution in [2.45, 2.75) is 19.8 Å². The molecule has 0 saturated carbocycles. The predicted molar refractivity (Wildman–Crippen MR) is 103 cm³/mol. The summed E-state index contributed by atoms with van der Waals surface area (Å²) >= 11 is 1.68. The highest BCUT2D eigenvalue weighted by Gasteiger charge is 2.12. The number of amides is 1. The van der Waals surface area contributed by atoms with Crippen LogP contribution >= 0.6 is 11.3 Å². The van der Waals surface area contributed by atoms with Gasteiger partial charge in [0.05, 0.1) is 24.8 Å². The van der Waals surface area contributed by atoms with E-state index in [9.17, 15) is 4.79 Å². The number of aromatic nitrogens is 2. The van der Waals surface area contributed by atoms with Crippen LogP contribution in [0.3, 0.4) is 0 Å². The molecular weight excluding hydrogens is 350 g/mol. The summed E-state index contributed by atoms with van der Waals surface area (Å²) in [5, 5.41) is 9.95. The summed E-state index contributed by atoms with van der Waals surface area (Å²) in [5.74, 6) is 1.75. The van der Waals surface area contributed by atoms with Crippen LogP contribution in [0.2, 0.25) is 0 Å². The Labute approximate surface area is 156 Å². The minimum Gasteiger partial charge on any atom is -0.493 e. The lowest BCUT2D eigenvalue weighted by atomic mass is 10.1. The van der Waals surface area contributed by atoms with Gasteiger partial charge in [0.2, 0.25) is 5.91 Å². The number of rotatable bonds is 7. The van der Waals surface area contributed by atoms with E-state index in [1.807, 2.05) is 30.3 Å². The quantitative estimate of drug-likeness (QED) is 0.657. The first-order valence-corrected chi connectivity index (χ1v) is 9.04. The minimum atomic E-state index is -0.102. The maximum absolute atomic E-state index is 12.3. The molecule has 2 heterocycles. The summed E-state index contributed by atoms with van der Waals surface area (Å²) in [6, 6.07) is 11.6. The van der Waals surface area contributed by atoms with Crippen LogP contribution in [0, 0.1) is 6.92 Å². The molecule has 0 atom stereocenters. The lowest BCUT2D eigenvalue weighted by Gasteiger charge is -2.12. The Hall–Kier alpha value is -2.80. The van der Waals surface area contributed by atoms with Gasteiger partial charge in [-0.3, -0.25) is 9.89 Å². The summed E-state index contributed by atoms with van der Waals surface area (Å²) in [5.41, 5.74) is 1.83. The number of ether oxygens (including phenoxy) is 2. The molecule has 0 radical (unpaired) electrons. The average molecular weight is 371 g/mol. The normalized spacial score (nSPS) is 10.6. The van der Waals surface area contributed by atoms with E-state index in [-0.39, 0.29) is 5.91 Å². The van der Waals surface area contributed by atoms with Crippen molar-refractivity contribution in [1.29, 1.82) is 0 Å². The summed E-state index contributed by atoms with van der Waals surface area (Å²) in [4.78, 5) is 14.6.